The number of nitrogens with one attached hydrogen (secondary N) is 2. The van der Waals surface area contributed by atoms with Crippen LogP contribution >= 0.6 is 0 Å². The van der Waals surface area contributed by atoms with Gasteiger partial charge in [0.25, 0.3) is 0 Å². The molecule has 0 aliphatic carbocycles. The second kappa shape index (κ2) is 10.6. The molecule has 0 aliphatic rings. The molecular weight excluding hydrogens is 514 g/mol. The van der Waals surface area contributed by atoms with Crippen LogP contribution < -0.4 is 5.32 Å². The predicted molar refractivity (Wildman–Crippen MR) is 165 cm³/mol. The van der Waals surface area contributed by atoms with Gasteiger partial charge in [0.1, 0.15) is 5.65 Å². The minimum atomic E-state index is -3.48. The molecule has 0 amide bonds. The van der Waals surface area contributed by atoms with Gasteiger partial charge < -0.3 is 10.3 Å². The lowest BCUT2D eigenvalue weighted by molar-refractivity contribution is 0.595. The molecule has 200 valence electrons. The van der Waals surface area contributed by atoms with E-state index in [1.807, 2.05) is 48.7 Å². The fourth-order valence-electron chi connectivity index (χ4n) is 5.14. The van der Waals surface area contributed by atoms with Gasteiger partial charge in [0.15, 0.2) is 9.84 Å². The van der Waals surface area contributed by atoms with Gasteiger partial charge in [0.2, 0.25) is 0 Å². The van der Waals surface area contributed by atoms with Crippen molar-refractivity contribution in [1.82, 2.24) is 9.97 Å². The Labute approximate surface area is 234 Å². The fraction of sp³-hybridized carbons (Fsp3) is 0.147. The van der Waals surface area contributed by atoms with Crippen LogP contribution in [0.3, 0.4) is 0 Å². The number of aromatic amines is 1. The summed E-state index contributed by atoms with van der Waals surface area (Å²) in [6.07, 6.45) is 1.93. The van der Waals surface area contributed by atoms with Crippen LogP contribution in [0.5, 0.6) is 0 Å². The van der Waals surface area contributed by atoms with Crippen LogP contribution in [0.2, 0.25) is 0 Å². The topological polar surface area (TPSA) is 74.8 Å². The first-order chi connectivity index (χ1) is 19.4. The Balaban J connectivity index is 1.50. The SMILES string of the molecule is CC(C)CNc1ccc(-c2cnc3[nH]c4ccc(CS(=O)(=O)c5ccccc5)cc4c3c2-c2ccccc2)cc1. The Hall–Kier alpha value is -4.42. The predicted octanol–water partition coefficient (Wildman–Crippen LogP) is 8.09. The van der Waals surface area contributed by atoms with Crippen molar-refractivity contribution in [3.8, 4) is 22.3 Å². The van der Waals surface area contributed by atoms with Gasteiger partial charge in [-0.05, 0) is 59.0 Å². The summed E-state index contributed by atoms with van der Waals surface area (Å²) in [5.41, 5.74) is 7.77. The first-order valence-electron chi connectivity index (χ1n) is 13.5. The zero-order valence-corrected chi connectivity index (χ0v) is 23.4. The average molecular weight is 546 g/mol. The monoisotopic (exact) mass is 545 g/mol. The Bertz CT molecular complexity index is 1890. The molecule has 4 aromatic carbocycles. The molecule has 0 unspecified atom stereocenters. The van der Waals surface area contributed by atoms with E-state index in [0.29, 0.717) is 10.8 Å². The molecule has 0 fully saturated rings. The van der Waals surface area contributed by atoms with Gasteiger partial charge in [0.05, 0.1) is 10.6 Å². The zero-order valence-electron chi connectivity index (χ0n) is 22.6. The van der Waals surface area contributed by atoms with Crippen LogP contribution in [0.4, 0.5) is 5.69 Å². The van der Waals surface area contributed by atoms with E-state index in [1.165, 1.54) is 0 Å². The molecule has 0 radical (unpaired) electrons. The largest absolute Gasteiger partial charge is 0.385 e. The van der Waals surface area contributed by atoms with Gasteiger partial charge in [-0.15, -0.1) is 0 Å². The third-order valence-electron chi connectivity index (χ3n) is 7.12. The summed E-state index contributed by atoms with van der Waals surface area (Å²) in [5.74, 6) is 0.489. The molecule has 2 aromatic heterocycles. The molecule has 40 heavy (non-hydrogen) atoms. The molecule has 6 heteroatoms. The Morgan fingerprint density at radius 3 is 2.23 bits per heavy atom. The standard InChI is InChI=1S/C34H31N3O2S/c1-23(2)20-35-27-16-14-25(15-17-27)30-21-36-34-33(32(30)26-9-5-3-6-10-26)29-19-24(13-18-31(29)37-34)22-40(38,39)28-11-7-4-8-12-28/h3-19,21,23,35H,20,22H2,1-2H3,(H,36,37). The summed E-state index contributed by atoms with van der Waals surface area (Å²) in [4.78, 5) is 8.61. The van der Waals surface area contributed by atoms with Crippen LogP contribution in [0, 0.1) is 5.92 Å². The lowest BCUT2D eigenvalue weighted by atomic mass is 9.92. The Morgan fingerprint density at radius 2 is 1.52 bits per heavy atom. The maximum Gasteiger partial charge on any atom is 0.182 e. The quantitative estimate of drug-likeness (QED) is 0.203. The highest BCUT2D eigenvalue weighted by molar-refractivity contribution is 7.90. The highest BCUT2D eigenvalue weighted by atomic mass is 32.2. The molecule has 0 aliphatic heterocycles. The number of nitrogens with zero attached hydrogens (tertiary/aromatic N) is 1. The smallest absolute Gasteiger partial charge is 0.182 e. The molecule has 2 heterocycles. The van der Waals surface area contributed by atoms with E-state index in [1.54, 1.807) is 24.3 Å². The third kappa shape index (κ3) is 5.10. The maximum absolute atomic E-state index is 13.2. The Morgan fingerprint density at radius 1 is 0.825 bits per heavy atom. The number of sulfone groups is 1. The van der Waals surface area contributed by atoms with Gasteiger partial charge in [-0.2, -0.15) is 0 Å². The van der Waals surface area contributed by atoms with Crippen LogP contribution in [-0.4, -0.2) is 24.9 Å². The van der Waals surface area contributed by atoms with E-state index < -0.39 is 9.84 Å². The van der Waals surface area contributed by atoms with Crippen LogP contribution in [0.1, 0.15) is 19.4 Å². The Kier molecular flexibility index (Phi) is 6.86. The van der Waals surface area contributed by atoms with Crippen molar-refractivity contribution >= 4 is 37.5 Å². The van der Waals surface area contributed by atoms with E-state index in [-0.39, 0.29) is 5.75 Å². The first kappa shape index (κ1) is 25.8. The molecule has 0 atom stereocenters. The second-order valence-corrected chi connectivity index (χ2v) is 12.6. The van der Waals surface area contributed by atoms with Gasteiger partial charge in [-0.3, -0.25) is 0 Å². The number of aromatic nitrogens is 2. The molecular formula is C34H31N3O2S. The maximum atomic E-state index is 13.2. The summed E-state index contributed by atoms with van der Waals surface area (Å²) < 4.78 is 26.3. The lowest BCUT2D eigenvalue weighted by Gasteiger charge is -2.14. The second-order valence-electron chi connectivity index (χ2n) is 10.6. The molecule has 0 saturated carbocycles. The molecule has 5 nitrogen and oxygen atoms in total. The van der Waals surface area contributed by atoms with E-state index in [9.17, 15) is 8.42 Å². The average Bonchev–Trinajstić information content (AvgIpc) is 3.34. The minimum absolute atomic E-state index is 0.0712. The minimum Gasteiger partial charge on any atom is -0.385 e. The highest BCUT2D eigenvalue weighted by Crippen LogP contribution is 2.41. The van der Waals surface area contributed by atoms with Crippen LogP contribution in [0.25, 0.3) is 44.2 Å². The summed E-state index contributed by atoms with van der Waals surface area (Å²) in [6.45, 7) is 5.30. The molecule has 0 bridgehead atoms. The van der Waals surface area contributed by atoms with Crippen molar-refractivity contribution in [3.05, 3.63) is 115 Å². The summed E-state index contributed by atoms with van der Waals surface area (Å²) >= 11 is 0. The molecule has 0 spiro atoms. The van der Waals surface area contributed by atoms with Crippen molar-refractivity contribution < 1.29 is 8.42 Å². The zero-order chi connectivity index (χ0) is 27.7. The van der Waals surface area contributed by atoms with Crippen molar-refractivity contribution in [3.63, 3.8) is 0 Å². The number of fused-ring (bicyclic) bond motifs is 3. The molecule has 0 saturated heterocycles. The van der Waals surface area contributed by atoms with Crippen molar-refractivity contribution in [2.75, 3.05) is 11.9 Å². The summed E-state index contributed by atoms with van der Waals surface area (Å²) in [6, 6.07) is 33.2. The van der Waals surface area contributed by atoms with Crippen LogP contribution in [0.15, 0.2) is 114 Å². The lowest BCUT2D eigenvalue weighted by Crippen LogP contribution is -2.07. The van der Waals surface area contributed by atoms with Crippen LogP contribution in [-0.2, 0) is 15.6 Å². The van der Waals surface area contributed by atoms with Crippen molar-refractivity contribution in [1.29, 1.82) is 0 Å². The summed E-state index contributed by atoms with van der Waals surface area (Å²) in [5, 5.41) is 5.43. The molecule has 2 N–H and O–H groups in total. The number of pyridine rings is 1. The third-order valence-corrected chi connectivity index (χ3v) is 8.82. The van der Waals surface area contributed by atoms with Gasteiger partial charge in [-0.1, -0.05) is 80.6 Å². The number of anilines is 1. The molecule has 6 aromatic rings. The van der Waals surface area contributed by atoms with Crippen molar-refractivity contribution in [2.24, 2.45) is 5.92 Å². The normalized spacial score (nSPS) is 11.9. The number of rotatable bonds is 8. The van der Waals surface area contributed by atoms with Crippen molar-refractivity contribution in [2.45, 2.75) is 24.5 Å². The van der Waals surface area contributed by atoms with E-state index in [2.05, 4.69) is 60.5 Å². The van der Waals surface area contributed by atoms with E-state index >= 15 is 0 Å². The fourth-order valence-corrected chi connectivity index (χ4v) is 6.49. The van der Waals surface area contributed by atoms with Gasteiger partial charge in [-0.25, -0.2) is 13.4 Å². The number of benzene rings is 4. The number of hydrogen-bond donors (Lipinski definition) is 2. The van der Waals surface area contributed by atoms with Gasteiger partial charge in [0, 0.05) is 45.8 Å². The number of H-pyrrole nitrogens is 1. The molecule has 6 rings (SSSR count). The van der Waals surface area contributed by atoms with Gasteiger partial charge >= 0.3 is 0 Å². The van der Waals surface area contributed by atoms with E-state index in [4.69, 9.17) is 4.98 Å². The summed E-state index contributed by atoms with van der Waals surface area (Å²) in [7, 11) is -3.48. The first-order valence-corrected chi connectivity index (χ1v) is 15.1. The number of hydrogen-bond acceptors (Lipinski definition) is 4. The van der Waals surface area contributed by atoms with E-state index in [0.717, 1.165) is 62.0 Å². The highest BCUT2D eigenvalue weighted by Gasteiger charge is 2.19.